The molecule has 0 aliphatic carbocycles. The molecule has 0 bridgehead atoms. The van der Waals surface area contributed by atoms with Crippen LogP contribution in [0, 0.1) is 20.7 Å². The lowest BCUT2D eigenvalue weighted by Crippen LogP contribution is -2.03. The van der Waals surface area contributed by atoms with E-state index in [0.29, 0.717) is 40.5 Å². The lowest BCUT2D eigenvalue weighted by molar-refractivity contribution is 0.0697. The summed E-state index contributed by atoms with van der Waals surface area (Å²) in [6.07, 6.45) is 1.67. The van der Waals surface area contributed by atoms with Crippen LogP contribution in [0.5, 0.6) is 11.5 Å². The predicted molar refractivity (Wildman–Crippen MR) is 138 cm³/mol. The molecule has 4 aromatic rings. The molecule has 2 N–H and O–H groups in total. The van der Waals surface area contributed by atoms with E-state index in [9.17, 15) is 14.4 Å². The number of benzene rings is 3. The van der Waals surface area contributed by atoms with E-state index in [1.54, 1.807) is 30.3 Å². The lowest BCUT2D eigenvalue weighted by atomic mass is 10.1. The highest BCUT2D eigenvalue weighted by Gasteiger charge is 2.14. The zero-order valence-corrected chi connectivity index (χ0v) is 20.7. The fourth-order valence-corrected chi connectivity index (χ4v) is 4.18. The molecule has 3 aromatic carbocycles. The first-order valence-electron chi connectivity index (χ1n) is 10.6. The Hall–Kier alpha value is -3.91. The molecular weight excluding hydrogens is 564 g/mol. The van der Waals surface area contributed by atoms with Crippen molar-refractivity contribution in [2.75, 3.05) is 6.61 Å². The van der Waals surface area contributed by atoms with Crippen LogP contribution in [0.2, 0.25) is 0 Å². The fourth-order valence-electron chi connectivity index (χ4n) is 3.40. The molecule has 0 aliphatic rings. The smallest absolute Gasteiger partial charge is 0.335 e. The molecule has 0 aliphatic heterocycles. The van der Waals surface area contributed by atoms with Gasteiger partial charge in [0.1, 0.15) is 24.3 Å². The lowest BCUT2D eigenvalue weighted by Gasteiger charge is -2.15. The third-order valence-electron chi connectivity index (χ3n) is 5.05. The van der Waals surface area contributed by atoms with Gasteiger partial charge in [0.15, 0.2) is 11.5 Å². The first-order chi connectivity index (χ1) is 16.9. The molecule has 1 heterocycles. The van der Waals surface area contributed by atoms with E-state index in [1.165, 1.54) is 24.3 Å². The summed E-state index contributed by atoms with van der Waals surface area (Å²) in [6.45, 7) is 2.50. The summed E-state index contributed by atoms with van der Waals surface area (Å²) < 4.78 is 26.1. The number of fused-ring (bicyclic) bond motifs is 1. The maximum Gasteiger partial charge on any atom is 0.335 e. The van der Waals surface area contributed by atoms with Gasteiger partial charge in [0.05, 0.1) is 32.3 Å². The maximum atomic E-state index is 13.5. The summed E-state index contributed by atoms with van der Waals surface area (Å²) in [5.74, 6) is 0.0213. The van der Waals surface area contributed by atoms with E-state index in [4.69, 9.17) is 14.6 Å². The number of nitrogens with zero attached hydrogens (tertiary/aromatic N) is 2. The van der Waals surface area contributed by atoms with Gasteiger partial charge in [-0.25, -0.2) is 14.2 Å². The highest BCUT2D eigenvalue weighted by molar-refractivity contribution is 14.1. The number of hydrogen-bond donors (Lipinski definition) is 2. The second kappa shape index (κ2) is 10.6. The van der Waals surface area contributed by atoms with Crippen LogP contribution in [-0.4, -0.2) is 27.7 Å². The molecule has 0 fully saturated rings. The number of imidazole rings is 1. The van der Waals surface area contributed by atoms with Crippen molar-refractivity contribution in [3.05, 3.63) is 86.5 Å². The Bertz CT molecular complexity index is 1470. The van der Waals surface area contributed by atoms with E-state index in [0.717, 1.165) is 9.13 Å². The summed E-state index contributed by atoms with van der Waals surface area (Å²) in [7, 11) is 0. The van der Waals surface area contributed by atoms with Crippen molar-refractivity contribution in [2.45, 2.75) is 13.5 Å². The highest BCUT2D eigenvalue weighted by atomic mass is 127. The Morgan fingerprint density at radius 1 is 1.20 bits per heavy atom. The van der Waals surface area contributed by atoms with Crippen molar-refractivity contribution >= 4 is 51.2 Å². The van der Waals surface area contributed by atoms with Crippen LogP contribution in [-0.2, 0) is 6.61 Å². The molecule has 176 valence electrons. The highest BCUT2D eigenvalue weighted by Crippen LogP contribution is 2.36. The van der Waals surface area contributed by atoms with E-state index < -0.39 is 5.97 Å². The molecule has 4 rings (SSSR count). The van der Waals surface area contributed by atoms with Gasteiger partial charge in [-0.05, 0) is 89.2 Å². The third kappa shape index (κ3) is 5.60. The van der Waals surface area contributed by atoms with Crippen molar-refractivity contribution in [3.8, 4) is 17.6 Å². The number of H-pyrrole nitrogens is 1. The number of carboxylic acid groups (broad SMARTS) is 1. The first kappa shape index (κ1) is 24.2. The van der Waals surface area contributed by atoms with Crippen molar-refractivity contribution in [2.24, 2.45) is 0 Å². The molecule has 0 unspecified atom stereocenters. The van der Waals surface area contributed by atoms with E-state index in [1.807, 2.05) is 13.0 Å². The number of nitriles is 1. The van der Waals surface area contributed by atoms with Gasteiger partial charge in [-0.1, -0.05) is 12.1 Å². The van der Waals surface area contributed by atoms with E-state index in [2.05, 4.69) is 38.6 Å². The number of hydrogen-bond acceptors (Lipinski definition) is 5. The minimum Gasteiger partial charge on any atom is -0.490 e. The Balaban J connectivity index is 1.62. The van der Waals surface area contributed by atoms with Gasteiger partial charge in [-0.3, -0.25) is 0 Å². The number of aromatic amines is 1. The number of nitrogens with one attached hydrogen (secondary N) is 1. The second-order valence-electron chi connectivity index (χ2n) is 7.47. The minimum absolute atomic E-state index is 0.206. The van der Waals surface area contributed by atoms with Crippen LogP contribution < -0.4 is 9.47 Å². The van der Waals surface area contributed by atoms with Gasteiger partial charge in [-0.2, -0.15) is 5.26 Å². The summed E-state index contributed by atoms with van der Waals surface area (Å²) in [4.78, 5) is 18.4. The minimum atomic E-state index is -0.985. The van der Waals surface area contributed by atoms with Crippen molar-refractivity contribution in [1.82, 2.24) is 9.97 Å². The van der Waals surface area contributed by atoms with Crippen LogP contribution >= 0.6 is 22.6 Å². The van der Waals surface area contributed by atoms with Gasteiger partial charge in [0.2, 0.25) is 0 Å². The predicted octanol–water partition coefficient (Wildman–Crippen LogP) is 6.05. The first-order valence-corrected chi connectivity index (χ1v) is 11.6. The van der Waals surface area contributed by atoms with Gasteiger partial charge >= 0.3 is 5.97 Å². The molecule has 35 heavy (non-hydrogen) atoms. The number of ether oxygens (including phenoxy) is 2. The molecule has 0 saturated heterocycles. The number of halogens is 2. The standard InChI is InChI=1S/C26H19FIN3O4/c1-2-34-23-11-16(9-18(13-29)25-30-21-8-7-19(27)12-22(21)31-25)10-20(28)24(23)35-14-15-3-5-17(6-4-15)26(32)33/h3-12H,2,14H2,1H3,(H,30,31)(H,32,33)/b18-9-. The maximum absolute atomic E-state index is 13.5. The Morgan fingerprint density at radius 2 is 1.97 bits per heavy atom. The zero-order valence-electron chi connectivity index (χ0n) is 18.5. The SMILES string of the molecule is CCOc1cc(/C=C(/C#N)c2nc3ccc(F)cc3[nH]2)cc(I)c1OCc1ccc(C(=O)O)cc1. The fraction of sp³-hybridized carbons (Fsp3) is 0.115. The van der Waals surface area contributed by atoms with Crippen molar-refractivity contribution < 1.29 is 23.8 Å². The summed E-state index contributed by atoms with van der Waals surface area (Å²) >= 11 is 2.14. The Kier molecular flexibility index (Phi) is 7.31. The van der Waals surface area contributed by atoms with Crippen LogP contribution in [0.25, 0.3) is 22.7 Å². The second-order valence-corrected chi connectivity index (χ2v) is 8.63. The quantitative estimate of drug-likeness (QED) is 0.193. The van der Waals surface area contributed by atoms with Gasteiger partial charge in [0.25, 0.3) is 0 Å². The number of rotatable bonds is 8. The normalized spacial score (nSPS) is 11.3. The molecule has 1 aromatic heterocycles. The molecule has 9 heteroatoms. The van der Waals surface area contributed by atoms with Gasteiger partial charge < -0.3 is 19.6 Å². The number of allylic oxidation sites excluding steroid dienone is 1. The van der Waals surface area contributed by atoms with Crippen LogP contribution in [0.4, 0.5) is 4.39 Å². The van der Waals surface area contributed by atoms with Gasteiger partial charge in [0, 0.05) is 0 Å². The number of carboxylic acids is 1. The number of carbonyl (C=O) groups is 1. The number of aromatic nitrogens is 2. The molecule has 0 spiro atoms. The monoisotopic (exact) mass is 583 g/mol. The summed E-state index contributed by atoms with van der Waals surface area (Å²) in [5.41, 5.74) is 3.08. The van der Waals surface area contributed by atoms with Crippen molar-refractivity contribution in [1.29, 1.82) is 5.26 Å². The van der Waals surface area contributed by atoms with Crippen molar-refractivity contribution in [3.63, 3.8) is 0 Å². The third-order valence-corrected chi connectivity index (χ3v) is 5.85. The Morgan fingerprint density at radius 3 is 2.66 bits per heavy atom. The van der Waals surface area contributed by atoms with Crippen LogP contribution in [0.15, 0.2) is 54.6 Å². The summed E-state index contributed by atoms with van der Waals surface area (Å²) in [5, 5.41) is 18.8. The van der Waals surface area contributed by atoms with Crippen LogP contribution in [0.3, 0.4) is 0 Å². The van der Waals surface area contributed by atoms with Gasteiger partial charge in [-0.15, -0.1) is 0 Å². The molecule has 0 radical (unpaired) electrons. The zero-order chi connectivity index (χ0) is 24.9. The Labute approximate surface area is 214 Å². The van der Waals surface area contributed by atoms with Crippen LogP contribution in [0.1, 0.15) is 34.2 Å². The van der Waals surface area contributed by atoms with E-state index in [-0.39, 0.29) is 23.6 Å². The molecular formula is C26H19FIN3O4. The largest absolute Gasteiger partial charge is 0.490 e. The molecule has 0 atom stereocenters. The van der Waals surface area contributed by atoms with E-state index >= 15 is 0 Å². The summed E-state index contributed by atoms with van der Waals surface area (Å²) in [6, 6.07) is 16.4. The average molecular weight is 583 g/mol. The molecule has 7 nitrogen and oxygen atoms in total. The average Bonchev–Trinajstić information content (AvgIpc) is 3.25. The molecule has 0 amide bonds. The number of aromatic carboxylic acids is 1. The molecule has 0 saturated carbocycles. The topological polar surface area (TPSA) is 108 Å².